The van der Waals surface area contributed by atoms with Crippen molar-refractivity contribution in [1.82, 2.24) is 9.88 Å². The monoisotopic (exact) mass is 411 g/mol. The van der Waals surface area contributed by atoms with Crippen LogP contribution in [0.3, 0.4) is 0 Å². The van der Waals surface area contributed by atoms with Crippen LogP contribution in [0.2, 0.25) is 0 Å². The van der Waals surface area contributed by atoms with Crippen molar-refractivity contribution in [3.8, 4) is 0 Å². The number of aromatic nitrogens is 1. The van der Waals surface area contributed by atoms with Gasteiger partial charge in [-0.2, -0.15) is 5.10 Å². The number of piperidine rings is 1. The number of hydrogen-bond donors (Lipinski definition) is 1. The third kappa shape index (κ3) is 4.89. The van der Waals surface area contributed by atoms with Gasteiger partial charge >= 0.3 is 0 Å². The van der Waals surface area contributed by atoms with Crippen LogP contribution in [0.15, 0.2) is 40.8 Å². The van der Waals surface area contributed by atoms with Crippen molar-refractivity contribution < 1.29 is 9.59 Å². The molecule has 0 bridgehead atoms. The molecule has 0 saturated carbocycles. The lowest BCUT2D eigenvalue weighted by Crippen LogP contribution is -2.36. The molecular formula is C21H25N5O2S. The van der Waals surface area contributed by atoms with Crippen LogP contribution in [0.4, 0.5) is 10.8 Å². The molecule has 0 spiro atoms. The number of para-hydroxylation sites is 1. The van der Waals surface area contributed by atoms with Crippen LogP contribution in [0.5, 0.6) is 0 Å². The summed E-state index contributed by atoms with van der Waals surface area (Å²) >= 11 is 1.42. The van der Waals surface area contributed by atoms with Gasteiger partial charge in [0, 0.05) is 31.3 Å². The predicted molar refractivity (Wildman–Crippen MR) is 115 cm³/mol. The predicted octanol–water partition coefficient (Wildman–Crippen LogP) is 3.50. The number of thiazole rings is 1. The van der Waals surface area contributed by atoms with Gasteiger partial charge in [-0.25, -0.2) is 9.99 Å². The van der Waals surface area contributed by atoms with Crippen molar-refractivity contribution in [3.05, 3.63) is 41.4 Å². The molecule has 4 rings (SSSR count). The Bertz CT molecular complexity index is 911. The molecule has 2 aliphatic heterocycles. The van der Waals surface area contributed by atoms with E-state index in [4.69, 9.17) is 0 Å². The zero-order valence-electron chi connectivity index (χ0n) is 16.5. The van der Waals surface area contributed by atoms with Gasteiger partial charge in [-0.3, -0.25) is 19.8 Å². The number of amides is 2. The largest absolute Gasteiger partial charge is 0.297 e. The van der Waals surface area contributed by atoms with Crippen LogP contribution >= 0.6 is 11.3 Å². The van der Waals surface area contributed by atoms with Gasteiger partial charge in [0.2, 0.25) is 5.91 Å². The second-order valence-electron chi connectivity index (χ2n) is 7.67. The van der Waals surface area contributed by atoms with E-state index in [2.05, 4.69) is 27.2 Å². The van der Waals surface area contributed by atoms with Gasteiger partial charge in [0.1, 0.15) is 5.71 Å². The molecule has 0 radical (unpaired) electrons. The highest BCUT2D eigenvalue weighted by Gasteiger charge is 2.26. The van der Waals surface area contributed by atoms with E-state index in [0.717, 1.165) is 31.2 Å². The van der Waals surface area contributed by atoms with Crippen LogP contribution in [-0.4, -0.2) is 40.5 Å². The van der Waals surface area contributed by atoms with Crippen molar-refractivity contribution in [2.45, 2.75) is 39.2 Å². The highest BCUT2D eigenvalue weighted by molar-refractivity contribution is 7.14. The standard InChI is InChI=1S/C21H25N5O2S/c1-15-6-5-11-25(12-15)13-16-14-29-21(22-16)23-20(28)18-9-10-19(27)26(24-18)17-7-3-2-4-8-17/h2-4,7-8,14-15H,5-6,9-13H2,1H3,(H,22,23,28)/t15-/m1/s1. The van der Waals surface area contributed by atoms with E-state index in [1.807, 2.05) is 23.6 Å². The SMILES string of the molecule is C[C@@H]1CCCN(Cc2csc(NC(=O)C3=NN(c4ccccc4)C(=O)CC3)n2)C1. The molecule has 1 aromatic carbocycles. The Kier molecular flexibility index (Phi) is 6.01. The summed E-state index contributed by atoms with van der Waals surface area (Å²) in [6, 6.07) is 9.16. The Morgan fingerprint density at radius 1 is 1.28 bits per heavy atom. The molecule has 8 heteroatoms. The number of carbonyl (C=O) groups excluding carboxylic acids is 2. The first-order valence-electron chi connectivity index (χ1n) is 10.0. The quantitative estimate of drug-likeness (QED) is 0.817. The number of hydrogen-bond acceptors (Lipinski definition) is 6. The lowest BCUT2D eigenvalue weighted by molar-refractivity contribution is -0.118. The first kappa shape index (κ1) is 19.7. The number of anilines is 2. The normalized spacial score (nSPS) is 20.4. The van der Waals surface area contributed by atoms with Crippen LogP contribution in [0, 0.1) is 5.92 Å². The zero-order chi connectivity index (χ0) is 20.2. The Morgan fingerprint density at radius 2 is 2.10 bits per heavy atom. The van der Waals surface area contributed by atoms with E-state index >= 15 is 0 Å². The van der Waals surface area contributed by atoms with E-state index in [1.54, 1.807) is 12.1 Å². The molecule has 1 N–H and O–H groups in total. The summed E-state index contributed by atoms with van der Waals surface area (Å²) < 4.78 is 0. The number of hydrazone groups is 1. The molecule has 1 atom stereocenters. The molecule has 0 aliphatic carbocycles. The average molecular weight is 412 g/mol. The number of nitrogens with one attached hydrogen (secondary N) is 1. The Morgan fingerprint density at radius 3 is 2.90 bits per heavy atom. The first-order valence-corrected chi connectivity index (χ1v) is 10.9. The third-order valence-corrected chi connectivity index (χ3v) is 6.00. The number of nitrogens with zero attached hydrogens (tertiary/aromatic N) is 4. The fourth-order valence-corrected chi connectivity index (χ4v) is 4.45. The van der Waals surface area contributed by atoms with Crippen LogP contribution in [0.25, 0.3) is 0 Å². The average Bonchev–Trinajstić information content (AvgIpc) is 3.15. The molecule has 3 heterocycles. The maximum Gasteiger partial charge on any atom is 0.273 e. The van der Waals surface area contributed by atoms with Crippen LogP contribution < -0.4 is 10.3 Å². The summed E-state index contributed by atoms with van der Waals surface area (Å²) in [5, 5.41) is 11.0. The van der Waals surface area contributed by atoms with Crippen molar-refractivity contribution in [1.29, 1.82) is 0 Å². The fraction of sp³-hybridized carbons (Fsp3) is 0.429. The van der Waals surface area contributed by atoms with Gasteiger partial charge in [-0.05, 0) is 37.4 Å². The van der Waals surface area contributed by atoms with Gasteiger partial charge in [0.05, 0.1) is 11.4 Å². The van der Waals surface area contributed by atoms with E-state index in [0.29, 0.717) is 23.0 Å². The summed E-state index contributed by atoms with van der Waals surface area (Å²) in [5.74, 6) is 0.312. The topological polar surface area (TPSA) is 77.9 Å². The van der Waals surface area contributed by atoms with Crippen LogP contribution in [0.1, 0.15) is 38.3 Å². The Balaban J connectivity index is 1.40. The number of benzene rings is 1. The molecule has 2 aliphatic rings. The Hall–Kier alpha value is -2.58. The van der Waals surface area contributed by atoms with Crippen molar-refractivity contribution in [3.63, 3.8) is 0 Å². The van der Waals surface area contributed by atoms with Gasteiger partial charge in [0.25, 0.3) is 5.91 Å². The van der Waals surface area contributed by atoms with Gasteiger partial charge in [-0.15, -0.1) is 11.3 Å². The van der Waals surface area contributed by atoms with E-state index < -0.39 is 0 Å². The molecule has 29 heavy (non-hydrogen) atoms. The number of carbonyl (C=O) groups is 2. The lowest BCUT2D eigenvalue weighted by atomic mass is 10.0. The van der Waals surface area contributed by atoms with Gasteiger partial charge < -0.3 is 0 Å². The first-order chi connectivity index (χ1) is 14.1. The highest BCUT2D eigenvalue weighted by Crippen LogP contribution is 2.23. The summed E-state index contributed by atoms with van der Waals surface area (Å²) in [6.45, 7) is 5.30. The highest BCUT2D eigenvalue weighted by atomic mass is 32.1. The van der Waals surface area contributed by atoms with Gasteiger partial charge in [0.15, 0.2) is 5.13 Å². The second kappa shape index (κ2) is 8.84. The zero-order valence-corrected chi connectivity index (χ0v) is 17.3. The number of likely N-dealkylation sites (tertiary alicyclic amines) is 1. The molecular weight excluding hydrogens is 386 g/mol. The smallest absolute Gasteiger partial charge is 0.273 e. The third-order valence-electron chi connectivity index (χ3n) is 5.19. The molecule has 152 valence electrons. The van der Waals surface area contributed by atoms with E-state index in [9.17, 15) is 9.59 Å². The summed E-state index contributed by atoms with van der Waals surface area (Å²) in [6.07, 6.45) is 3.11. The maximum absolute atomic E-state index is 12.7. The molecule has 0 unspecified atom stereocenters. The Labute approximate surface area is 174 Å². The molecule has 1 fully saturated rings. The summed E-state index contributed by atoms with van der Waals surface area (Å²) in [5.41, 5.74) is 1.98. The lowest BCUT2D eigenvalue weighted by Gasteiger charge is -2.30. The van der Waals surface area contributed by atoms with Crippen molar-refractivity contribution in [2.24, 2.45) is 11.0 Å². The minimum atomic E-state index is -0.300. The summed E-state index contributed by atoms with van der Waals surface area (Å²) in [4.78, 5) is 31.9. The minimum absolute atomic E-state index is 0.111. The van der Waals surface area contributed by atoms with E-state index in [1.165, 1.54) is 29.2 Å². The van der Waals surface area contributed by atoms with Gasteiger partial charge in [-0.1, -0.05) is 25.1 Å². The molecule has 7 nitrogen and oxygen atoms in total. The van der Waals surface area contributed by atoms with Crippen molar-refractivity contribution >= 4 is 39.7 Å². The maximum atomic E-state index is 12.7. The van der Waals surface area contributed by atoms with Crippen molar-refractivity contribution in [2.75, 3.05) is 23.4 Å². The minimum Gasteiger partial charge on any atom is -0.297 e. The molecule has 2 aromatic rings. The van der Waals surface area contributed by atoms with E-state index in [-0.39, 0.29) is 18.2 Å². The summed E-state index contributed by atoms with van der Waals surface area (Å²) in [7, 11) is 0. The number of rotatable bonds is 5. The molecule has 2 amide bonds. The second-order valence-corrected chi connectivity index (χ2v) is 8.53. The van der Waals surface area contributed by atoms with Crippen LogP contribution in [-0.2, 0) is 16.1 Å². The fourth-order valence-electron chi connectivity index (χ4n) is 3.75. The molecule has 1 saturated heterocycles. The molecule has 1 aromatic heterocycles.